The molecule has 1 aromatic carbocycles. The van der Waals surface area contributed by atoms with Crippen molar-refractivity contribution in [2.45, 2.75) is 39.7 Å². The summed E-state index contributed by atoms with van der Waals surface area (Å²) in [4.78, 5) is 8.57. The Morgan fingerprint density at radius 1 is 1.21 bits per heavy atom. The van der Waals surface area contributed by atoms with Crippen LogP contribution in [0.2, 0.25) is 0 Å². The molecule has 7 heteroatoms. The van der Waals surface area contributed by atoms with Crippen LogP contribution in [-0.4, -0.2) is 29.7 Å². The third-order valence-corrected chi connectivity index (χ3v) is 3.44. The average molecular weight is 443 g/mol. The Hall–Kier alpha value is -1.64. The molecule has 0 aliphatic carbocycles. The first-order valence-electron chi connectivity index (χ1n) is 7.91. The number of rotatable bonds is 6. The third-order valence-electron chi connectivity index (χ3n) is 3.44. The number of aromatic nitrogens is 2. The molecule has 0 aliphatic heterocycles. The van der Waals surface area contributed by atoms with Crippen molar-refractivity contribution in [3.05, 3.63) is 47.1 Å². The predicted molar refractivity (Wildman–Crippen MR) is 107 cm³/mol. The van der Waals surface area contributed by atoms with E-state index in [0.29, 0.717) is 18.9 Å². The van der Waals surface area contributed by atoms with E-state index < -0.39 is 0 Å². The molecule has 0 saturated heterocycles. The van der Waals surface area contributed by atoms with Crippen molar-refractivity contribution in [2.24, 2.45) is 4.99 Å². The van der Waals surface area contributed by atoms with Crippen molar-refractivity contribution in [3.63, 3.8) is 0 Å². The van der Waals surface area contributed by atoms with Crippen LogP contribution >= 0.6 is 24.0 Å². The van der Waals surface area contributed by atoms with Gasteiger partial charge in [-0.05, 0) is 12.5 Å². The number of nitrogens with one attached hydrogen (secondary N) is 2. The van der Waals surface area contributed by atoms with Crippen molar-refractivity contribution in [1.82, 2.24) is 20.8 Å². The maximum absolute atomic E-state index is 5.22. The number of aryl methyl sites for hydroxylation is 1. The molecular formula is C17H26IN5O. The monoisotopic (exact) mass is 443 g/mol. The van der Waals surface area contributed by atoms with Gasteiger partial charge in [0.2, 0.25) is 5.89 Å². The molecule has 0 saturated carbocycles. The van der Waals surface area contributed by atoms with Gasteiger partial charge in [-0.3, -0.25) is 4.99 Å². The lowest BCUT2D eigenvalue weighted by Crippen LogP contribution is -2.37. The molecule has 1 aromatic heterocycles. The molecule has 0 atom stereocenters. The molecule has 2 N–H and O–H groups in total. The molecule has 6 nitrogen and oxygen atoms in total. The number of halogens is 1. The highest BCUT2D eigenvalue weighted by atomic mass is 127. The summed E-state index contributed by atoms with van der Waals surface area (Å²) in [5.74, 6) is 2.44. The maximum atomic E-state index is 5.22. The highest BCUT2D eigenvalue weighted by Gasteiger charge is 2.09. The van der Waals surface area contributed by atoms with E-state index in [1.165, 1.54) is 11.1 Å². The van der Waals surface area contributed by atoms with Crippen LogP contribution in [0.15, 0.2) is 33.8 Å². The topological polar surface area (TPSA) is 75.3 Å². The minimum absolute atomic E-state index is 0. The Morgan fingerprint density at radius 3 is 2.50 bits per heavy atom. The normalized spacial score (nSPS) is 11.3. The molecule has 2 rings (SSSR count). The van der Waals surface area contributed by atoms with E-state index in [1.807, 2.05) is 13.8 Å². The molecule has 24 heavy (non-hydrogen) atoms. The lowest BCUT2D eigenvalue weighted by atomic mass is 10.1. The molecule has 0 fully saturated rings. The highest BCUT2D eigenvalue weighted by Crippen LogP contribution is 2.09. The van der Waals surface area contributed by atoms with E-state index in [-0.39, 0.29) is 29.9 Å². The lowest BCUT2D eigenvalue weighted by molar-refractivity contribution is 0.371. The van der Waals surface area contributed by atoms with Crippen LogP contribution in [0.4, 0.5) is 0 Å². The Morgan fingerprint density at radius 2 is 1.92 bits per heavy atom. The summed E-state index contributed by atoms with van der Waals surface area (Å²) < 4.78 is 5.22. The van der Waals surface area contributed by atoms with Crippen LogP contribution in [0, 0.1) is 6.92 Å². The Balaban J connectivity index is 0.00000288. The molecule has 0 bridgehead atoms. The largest absolute Gasteiger partial charge is 0.356 e. The Bertz CT molecular complexity index is 637. The van der Waals surface area contributed by atoms with Gasteiger partial charge in [-0.25, -0.2) is 0 Å². The second kappa shape index (κ2) is 10.3. The summed E-state index contributed by atoms with van der Waals surface area (Å²) >= 11 is 0. The summed E-state index contributed by atoms with van der Waals surface area (Å²) in [5, 5.41) is 10.5. The SMILES string of the molecule is CN=C(NCCc1nc(C(C)C)no1)NCc1ccc(C)cc1.I. The molecule has 0 aliphatic rings. The van der Waals surface area contributed by atoms with E-state index in [9.17, 15) is 0 Å². The standard InChI is InChI=1S/C17H25N5O.HI/c1-12(2)16-21-15(23-22-16)9-10-19-17(18-4)20-11-14-7-5-13(3)6-8-14;/h5-8,12H,9-11H2,1-4H3,(H2,18,19,20);1H. The van der Waals surface area contributed by atoms with E-state index >= 15 is 0 Å². The van der Waals surface area contributed by atoms with Crippen LogP contribution in [0.3, 0.4) is 0 Å². The number of guanidine groups is 1. The zero-order chi connectivity index (χ0) is 16.7. The third kappa shape index (κ3) is 6.46. The summed E-state index contributed by atoms with van der Waals surface area (Å²) in [6, 6.07) is 8.44. The lowest BCUT2D eigenvalue weighted by Gasteiger charge is -2.11. The highest BCUT2D eigenvalue weighted by molar-refractivity contribution is 14.0. The average Bonchev–Trinajstić information content (AvgIpc) is 3.01. The van der Waals surface area contributed by atoms with Gasteiger partial charge >= 0.3 is 0 Å². The zero-order valence-electron chi connectivity index (χ0n) is 14.7. The molecule has 0 radical (unpaired) electrons. The maximum Gasteiger partial charge on any atom is 0.228 e. The van der Waals surface area contributed by atoms with Crippen LogP contribution < -0.4 is 10.6 Å². The van der Waals surface area contributed by atoms with Crippen molar-refractivity contribution < 1.29 is 4.52 Å². The van der Waals surface area contributed by atoms with E-state index in [0.717, 1.165) is 18.3 Å². The van der Waals surface area contributed by atoms with Gasteiger partial charge in [0.05, 0.1) is 0 Å². The van der Waals surface area contributed by atoms with Crippen molar-refractivity contribution in [1.29, 1.82) is 0 Å². The molecule has 0 unspecified atom stereocenters. The van der Waals surface area contributed by atoms with Crippen LogP contribution in [-0.2, 0) is 13.0 Å². The molecule has 1 heterocycles. The summed E-state index contributed by atoms with van der Waals surface area (Å²) in [6.07, 6.45) is 0.672. The van der Waals surface area contributed by atoms with Crippen molar-refractivity contribution >= 4 is 29.9 Å². The minimum Gasteiger partial charge on any atom is -0.356 e. The number of hydrogen-bond donors (Lipinski definition) is 2. The molecule has 0 spiro atoms. The van der Waals surface area contributed by atoms with Gasteiger partial charge in [-0.15, -0.1) is 24.0 Å². The second-order valence-corrected chi connectivity index (χ2v) is 5.79. The fraction of sp³-hybridized carbons (Fsp3) is 0.471. The molecular weight excluding hydrogens is 417 g/mol. The van der Waals surface area contributed by atoms with Crippen molar-refractivity contribution in [2.75, 3.05) is 13.6 Å². The predicted octanol–water partition coefficient (Wildman–Crippen LogP) is 3.03. The summed E-state index contributed by atoms with van der Waals surface area (Å²) in [5.41, 5.74) is 2.48. The van der Waals surface area contributed by atoms with Gasteiger partial charge in [0.25, 0.3) is 0 Å². The van der Waals surface area contributed by atoms with Gasteiger partial charge in [0.1, 0.15) is 0 Å². The van der Waals surface area contributed by atoms with Crippen LogP contribution in [0.1, 0.15) is 42.6 Å². The van der Waals surface area contributed by atoms with Gasteiger partial charge in [-0.1, -0.05) is 48.8 Å². The number of benzene rings is 1. The summed E-state index contributed by atoms with van der Waals surface area (Å²) in [6.45, 7) is 7.60. The van der Waals surface area contributed by atoms with Gasteiger partial charge < -0.3 is 15.2 Å². The van der Waals surface area contributed by atoms with Crippen LogP contribution in [0.5, 0.6) is 0 Å². The minimum atomic E-state index is 0. The fourth-order valence-electron chi connectivity index (χ4n) is 2.00. The molecule has 2 aromatic rings. The Kier molecular flexibility index (Phi) is 8.73. The molecule has 132 valence electrons. The van der Waals surface area contributed by atoms with Gasteiger partial charge in [0.15, 0.2) is 11.8 Å². The fourth-order valence-corrected chi connectivity index (χ4v) is 2.00. The number of nitrogens with zero attached hydrogens (tertiary/aromatic N) is 3. The zero-order valence-corrected chi connectivity index (χ0v) is 17.0. The first kappa shape index (κ1) is 20.4. The molecule has 0 amide bonds. The summed E-state index contributed by atoms with van der Waals surface area (Å²) in [7, 11) is 1.76. The smallest absolute Gasteiger partial charge is 0.228 e. The Labute approximate surface area is 160 Å². The van der Waals surface area contributed by atoms with E-state index in [4.69, 9.17) is 4.52 Å². The quantitative estimate of drug-likeness (QED) is 0.408. The number of aliphatic imine (C=N–C) groups is 1. The first-order valence-corrected chi connectivity index (χ1v) is 7.91. The first-order chi connectivity index (χ1) is 11.1. The van der Waals surface area contributed by atoms with Crippen LogP contribution in [0.25, 0.3) is 0 Å². The number of hydrogen-bond acceptors (Lipinski definition) is 4. The van der Waals surface area contributed by atoms with Crippen molar-refractivity contribution in [3.8, 4) is 0 Å². The van der Waals surface area contributed by atoms with E-state index in [2.05, 4.69) is 57.0 Å². The van der Waals surface area contributed by atoms with Gasteiger partial charge in [-0.2, -0.15) is 4.98 Å². The van der Waals surface area contributed by atoms with Gasteiger partial charge in [0, 0.05) is 32.5 Å². The second-order valence-electron chi connectivity index (χ2n) is 5.79. The van der Waals surface area contributed by atoms with E-state index in [1.54, 1.807) is 7.05 Å².